The van der Waals surface area contributed by atoms with Crippen molar-refractivity contribution in [1.82, 2.24) is 15.5 Å². The summed E-state index contributed by atoms with van der Waals surface area (Å²) in [4.78, 5) is 8.12. The summed E-state index contributed by atoms with van der Waals surface area (Å²) in [6, 6.07) is 15.1. The lowest BCUT2D eigenvalue weighted by Crippen LogP contribution is -2.44. The molecule has 1 heterocycles. The molecule has 1 saturated heterocycles. The van der Waals surface area contributed by atoms with Crippen LogP contribution in [0.3, 0.4) is 0 Å². The number of guanidine groups is 1. The maximum absolute atomic E-state index is 5.39. The molecule has 0 aliphatic carbocycles. The molecule has 0 amide bonds. The molecule has 1 unspecified atom stereocenters. The van der Waals surface area contributed by atoms with E-state index in [9.17, 15) is 0 Å². The molecule has 0 radical (unpaired) electrons. The number of methoxy groups -OCH3 is 2. The van der Waals surface area contributed by atoms with Crippen molar-refractivity contribution in [2.24, 2.45) is 4.99 Å². The van der Waals surface area contributed by atoms with E-state index in [0.29, 0.717) is 6.04 Å². The van der Waals surface area contributed by atoms with Gasteiger partial charge < -0.3 is 20.1 Å². The predicted octanol–water partition coefficient (Wildman–Crippen LogP) is 3.98. The standard InChI is InChI=1S/C23H32N4O2S.HI/c1-24-23(25-14-17-5-7-22(30-4)8-6-17)26-19-9-10-27(16-19)15-18-11-20(28-2)13-21(12-18)29-3;/h5-8,11-13,19H,9-10,14-16H2,1-4H3,(H2,24,25,26);1H. The summed E-state index contributed by atoms with van der Waals surface area (Å²) >= 11 is 1.76. The van der Waals surface area contributed by atoms with Gasteiger partial charge in [-0.1, -0.05) is 12.1 Å². The molecular formula is C23H33IN4O2S. The van der Waals surface area contributed by atoms with Crippen LogP contribution < -0.4 is 20.1 Å². The van der Waals surface area contributed by atoms with E-state index in [4.69, 9.17) is 9.47 Å². The van der Waals surface area contributed by atoms with Gasteiger partial charge in [-0.2, -0.15) is 0 Å². The summed E-state index contributed by atoms with van der Waals surface area (Å²) in [5, 5.41) is 6.99. The van der Waals surface area contributed by atoms with Gasteiger partial charge in [0.2, 0.25) is 0 Å². The lowest BCUT2D eigenvalue weighted by atomic mass is 10.2. The van der Waals surface area contributed by atoms with Crippen molar-refractivity contribution in [3.63, 3.8) is 0 Å². The van der Waals surface area contributed by atoms with E-state index in [1.165, 1.54) is 16.0 Å². The minimum atomic E-state index is 0. The highest BCUT2D eigenvalue weighted by Crippen LogP contribution is 2.24. The zero-order chi connectivity index (χ0) is 21.3. The molecule has 6 nitrogen and oxygen atoms in total. The number of nitrogens with zero attached hydrogens (tertiary/aromatic N) is 2. The summed E-state index contributed by atoms with van der Waals surface area (Å²) in [7, 11) is 5.19. The van der Waals surface area contributed by atoms with E-state index < -0.39 is 0 Å². The Morgan fingerprint density at radius 1 is 1.10 bits per heavy atom. The van der Waals surface area contributed by atoms with Crippen LogP contribution in [-0.2, 0) is 13.1 Å². The van der Waals surface area contributed by atoms with Crippen LogP contribution in [0.5, 0.6) is 11.5 Å². The van der Waals surface area contributed by atoms with Crippen molar-refractivity contribution < 1.29 is 9.47 Å². The summed E-state index contributed by atoms with van der Waals surface area (Å²) in [5.74, 6) is 2.50. The Morgan fingerprint density at radius 2 is 1.77 bits per heavy atom. The number of nitrogens with one attached hydrogen (secondary N) is 2. The normalized spacial score (nSPS) is 16.5. The molecule has 0 bridgehead atoms. The van der Waals surface area contributed by atoms with Gasteiger partial charge >= 0.3 is 0 Å². The quantitative estimate of drug-likeness (QED) is 0.222. The fourth-order valence-corrected chi connectivity index (χ4v) is 4.04. The molecule has 1 aliphatic heterocycles. The third kappa shape index (κ3) is 7.76. The van der Waals surface area contributed by atoms with Crippen molar-refractivity contribution in [2.75, 3.05) is 40.6 Å². The fraction of sp³-hybridized carbons (Fsp3) is 0.435. The van der Waals surface area contributed by atoms with Crippen LogP contribution >= 0.6 is 35.7 Å². The van der Waals surface area contributed by atoms with Gasteiger partial charge in [-0.15, -0.1) is 35.7 Å². The number of aliphatic imine (C=N–C) groups is 1. The highest BCUT2D eigenvalue weighted by Gasteiger charge is 2.23. The smallest absolute Gasteiger partial charge is 0.191 e. The van der Waals surface area contributed by atoms with Crippen LogP contribution in [-0.4, -0.2) is 57.5 Å². The van der Waals surface area contributed by atoms with Crippen molar-refractivity contribution in [2.45, 2.75) is 30.4 Å². The molecule has 2 aromatic rings. The van der Waals surface area contributed by atoms with E-state index in [2.05, 4.69) is 63.2 Å². The number of thioether (sulfide) groups is 1. The molecule has 0 saturated carbocycles. The second-order valence-corrected chi connectivity index (χ2v) is 8.24. The molecule has 1 aliphatic rings. The SMILES string of the molecule is CN=C(NCc1ccc(SC)cc1)NC1CCN(Cc2cc(OC)cc(OC)c2)C1.I. The fourth-order valence-electron chi connectivity index (χ4n) is 3.63. The highest BCUT2D eigenvalue weighted by atomic mass is 127. The Kier molecular flexibility index (Phi) is 10.8. The van der Waals surface area contributed by atoms with Crippen LogP contribution in [0, 0.1) is 0 Å². The maximum atomic E-state index is 5.39. The Hall–Kier alpha value is -1.65. The van der Waals surface area contributed by atoms with E-state index in [0.717, 1.165) is 50.1 Å². The highest BCUT2D eigenvalue weighted by molar-refractivity contribution is 14.0. The molecule has 8 heteroatoms. The molecule has 3 rings (SSSR count). The Labute approximate surface area is 207 Å². The first-order valence-corrected chi connectivity index (χ1v) is 11.4. The van der Waals surface area contributed by atoms with Gasteiger partial charge in [0.1, 0.15) is 11.5 Å². The van der Waals surface area contributed by atoms with Crippen molar-refractivity contribution in [3.8, 4) is 11.5 Å². The zero-order valence-corrected chi connectivity index (χ0v) is 21.8. The first-order valence-electron chi connectivity index (χ1n) is 10.2. The molecule has 2 aromatic carbocycles. The summed E-state index contributed by atoms with van der Waals surface area (Å²) in [6.07, 6.45) is 3.18. The van der Waals surface area contributed by atoms with Crippen LogP contribution in [0.4, 0.5) is 0 Å². The average Bonchev–Trinajstić information content (AvgIpc) is 3.23. The van der Waals surface area contributed by atoms with E-state index in [1.54, 1.807) is 26.0 Å². The zero-order valence-electron chi connectivity index (χ0n) is 18.7. The number of hydrogen-bond donors (Lipinski definition) is 2. The number of hydrogen-bond acceptors (Lipinski definition) is 5. The van der Waals surface area contributed by atoms with Crippen molar-refractivity contribution in [1.29, 1.82) is 0 Å². The first kappa shape index (κ1) is 25.6. The molecule has 1 fully saturated rings. The van der Waals surface area contributed by atoms with Crippen LogP contribution in [0.2, 0.25) is 0 Å². The second kappa shape index (κ2) is 13.0. The average molecular weight is 557 g/mol. The molecule has 1 atom stereocenters. The molecule has 31 heavy (non-hydrogen) atoms. The maximum Gasteiger partial charge on any atom is 0.191 e. The Balaban J connectivity index is 0.00000341. The van der Waals surface area contributed by atoms with Gasteiger partial charge in [0.15, 0.2) is 5.96 Å². The van der Waals surface area contributed by atoms with Gasteiger partial charge in [-0.3, -0.25) is 9.89 Å². The summed E-state index contributed by atoms with van der Waals surface area (Å²) < 4.78 is 10.8. The second-order valence-electron chi connectivity index (χ2n) is 7.36. The van der Waals surface area contributed by atoms with Crippen LogP contribution in [0.1, 0.15) is 17.5 Å². The number of benzene rings is 2. The monoisotopic (exact) mass is 556 g/mol. The van der Waals surface area contributed by atoms with Gasteiger partial charge in [0.05, 0.1) is 14.2 Å². The van der Waals surface area contributed by atoms with Gasteiger partial charge in [0.25, 0.3) is 0 Å². The van der Waals surface area contributed by atoms with Crippen molar-refractivity contribution >= 4 is 41.7 Å². The minimum Gasteiger partial charge on any atom is -0.497 e. The number of likely N-dealkylation sites (tertiary alicyclic amines) is 1. The van der Waals surface area contributed by atoms with E-state index in [1.807, 2.05) is 13.1 Å². The summed E-state index contributed by atoms with van der Waals surface area (Å²) in [6.45, 7) is 3.65. The van der Waals surface area contributed by atoms with Gasteiger partial charge in [-0.05, 0) is 48.1 Å². The minimum absolute atomic E-state index is 0. The largest absolute Gasteiger partial charge is 0.497 e. The van der Waals surface area contributed by atoms with E-state index in [-0.39, 0.29) is 24.0 Å². The lowest BCUT2D eigenvalue weighted by molar-refractivity contribution is 0.321. The molecule has 170 valence electrons. The molecule has 0 aromatic heterocycles. The summed E-state index contributed by atoms with van der Waals surface area (Å²) in [5.41, 5.74) is 2.44. The third-order valence-corrected chi connectivity index (χ3v) is 6.02. The lowest BCUT2D eigenvalue weighted by Gasteiger charge is -2.19. The van der Waals surface area contributed by atoms with Crippen LogP contribution in [0.25, 0.3) is 0 Å². The van der Waals surface area contributed by atoms with E-state index >= 15 is 0 Å². The predicted molar refractivity (Wildman–Crippen MR) is 140 cm³/mol. The van der Waals surface area contributed by atoms with Crippen molar-refractivity contribution in [3.05, 3.63) is 53.6 Å². The Morgan fingerprint density at radius 3 is 2.35 bits per heavy atom. The molecular weight excluding hydrogens is 523 g/mol. The number of rotatable bonds is 8. The van der Waals surface area contributed by atoms with Gasteiger partial charge in [0, 0.05) is 50.2 Å². The number of halogens is 1. The van der Waals surface area contributed by atoms with Crippen LogP contribution in [0.15, 0.2) is 52.4 Å². The Bertz CT molecular complexity index is 826. The number of ether oxygens (including phenoxy) is 2. The molecule has 2 N–H and O–H groups in total. The molecule has 0 spiro atoms. The topological polar surface area (TPSA) is 58.1 Å². The van der Waals surface area contributed by atoms with Gasteiger partial charge in [-0.25, -0.2) is 0 Å². The third-order valence-electron chi connectivity index (χ3n) is 5.27. The first-order chi connectivity index (χ1) is 14.6.